The molecule has 1 saturated heterocycles. The predicted octanol–water partition coefficient (Wildman–Crippen LogP) is -1.25. The molecule has 0 saturated carbocycles. The highest BCUT2D eigenvalue weighted by molar-refractivity contribution is 7.89. The highest BCUT2D eigenvalue weighted by Crippen LogP contribution is 2.17. The molecule has 100 valence electrons. The summed E-state index contributed by atoms with van der Waals surface area (Å²) in [6.07, 6.45) is 2.06. The molecule has 1 aromatic rings. The van der Waals surface area contributed by atoms with E-state index < -0.39 is 16.1 Å². The highest BCUT2D eigenvalue weighted by Gasteiger charge is 2.32. The number of morpholine rings is 1. The second-order valence-electron chi connectivity index (χ2n) is 4.03. The summed E-state index contributed by atoms with van der Waals surface area (Å²) in [4.78, 5) is 0.134. The van der Waals surface area contributed by atoms with Crippen LogP contribution in [0.4, 0.5) is 0 Å². The van der Waals surface area contributed by atoms with Crippen molar-refractivity contribution in [1.29, 1.82) is 5.41 Å². The molecule has 2 heterocycles. The summed E-state index contributed by atoms with van der Waals surface area (Å²) in [6, 6.07) is 0. The maximum absolute atomic E-state index is 12.3. The van der Waals surface area contributed by atoms with Crippen LogP contribution in [0.5, 0.6) is 0 Å². The van der Waals surface area contributed by atoms with Crippen molar-refractivity contribution in [2.24, 2.45) is 12.8 Å². The molecule has 0 aliphatic carbocycles. The first-order chi connectivity index (χ1) is 8.41. The Morgan fingerprint density at radius 2 is 2.39 bits per heavy atom. The monoisotopic (exact) mass is 273 g/mol. The lowest BCUT2D eigenvalue weighted by Gasteiger charge is -2.31. The zero-order valence-corrected chi connectivity index (χ0v) is 10.7. The van der Waals surface area contributed by atoms with Gasteiger partial charge in [0.15, 0.2) is 0 Å². The lowest BCUT2D eigenvalue weighted by atomic mass is 10.3. The Kier molecular flexibility index (Phi) is 3.37. The number of nitrogens with two attached hydrogens (primary N) is 1. The normalized spacial score (nSPS) is 21.9. The van der Waals surface area contributed by atoms with Crippen molar-refractivity contribution in [1.82, 2.24) is 14.1 Å². The van der Waals surface area contributed by atoms with Crippen LogP contribution in [-0.4, -0.2) is 54.1 Å². The third kappa shape index (κ3) is 2.37. The summed E-state index contributed by atoms with van der Waals surface area (Å²) in [5.74, 6) is -0.166. The van der Waals surface area contributed by atoms with Gasteiger partial charge in [-0.3, -0.25) is 10.1 Å². The van der Waals surface area contributed by atoms with E-state index in [9.17, 15) is 8.42 Å². The van der Waals surface area contributed by atoms with Crippen molar-refractivity contribution in [2.45, 2.75) is 11.0 Å². The van der Waals surface area contributed by atoms with E-state index >= 15 is 0 Å². The lowest BCUT2D eigenvalue weighted by Crippen LogP contribution is -2.50. The van der Waals surface area contributed by atoms with Gasteiger partial charge in [-0.15, -0.1) is 0 Å². The fourth-order valence-electron chi connectivity index (χ4n) is 1.71. The minimum absolute atomic E-state index is 0.0621. The molecule has 0 bridgehead atoms. The SMILES string of the molecule is Cn1cc(S(=O)(=O)N2CCOC(C(=N)N)C2)cn1. The van der Waals surface area contributed by atoms with Crippen molar-refractivity contribution in [3.05, 3.63) is 12.4 Å². The fraction of sp³-hybridized carbons (Fsp3) is 0.556. The Morgan fingerprint density at radius 3 is 2.94 bits per heavy atom. The quantitative estimate of drug-likeness (QED) is 0.527. The first-order valence-electron chi connectivity index (χ1n) is 5.35. The number of aromatic nitrogens is 2. The number of nitrogens with zero attached hydrogens (tertiary/aromatic N) is 3. The molecular formula is C9H15N5O3S. The highest BCUT2D eigenvalue weighted by atomic mass is 32.2. The van der Waals surface area contributed by atoms with Crippen molar-refractivity contribution < 1.29 is 13.2 Å². The number of aryl methyl sites for hydroxylation is 1. The van der Waals surface area contributed by atoms with Crippen molar-refractivity contribution in [2.75, 3.05) is 19.7 Å². The third-order valence-corrected chi connectivity index (χ3v) is 4.51. The summed E-state index contributed by atoms with van der Waals surface area (Å²) in [7, 11) is -1.94. The Bertz CT molecular complexity index is 552. The van der Waals surface area contributed by atoms with Crippen molar-refractivity contribution in [3.8, 4) is 0 Å². The van der Waals surface area contributed by atoms with Gasteiger partial charge in [-0.2, -0.15) is 9.40 Å². The van der Waals surface area contributed by atoms with Gasteiger partial charge in [-0.05, 0) is 0 Å². The topological polar surface area (TPSA) is 114 Å². The molecule has 9 heteroatoms. The van der Waals surface area contributed by atoms with Gasteiger partial charge >= 0.3 is 0 Å². The van der Waals surface area contributed by atoms with Crippen molar-refractivity contribution >= 4 is 15.9 Å². The van der Waals surface area contributed by atoms with Gasteiger partial charge in [-0.25, -0.2) is 8.42 Å². The summed E-state index contributed by atoms with van der Waals surface area (Å²) in [5, 5.41) is 11.2. The van der Waals surface area contributed by atoms with E-state index in [1.54, 1.807) is 7.05 Å². The smallest absolute Gasteiger partial charge is 0.246 e. The van der Waals surface area contributed by atoms with E-state index in [1.807, 2.05) is 0 Å². The van der Waals surface area contributed by atoms with Gasteiger partial charge in [0.2, 0.25) is 10.0 Å². The van der Waals surface area contributed by atoms with E-state index in [4.69, 9.17) is 15.9 Å². The molecular weight excluding hydrogens is 258 g/mol. The second-order valence-corrected chi connectivity index (χ2v) is 5.97. The average Bonchev–Trinajstić information content (AvgIpc) is 2.77. The van der Waals surface area contributed by atoms with Gasteiger partial charge in [0.05, 0.1) is 12.8 Å². The molecule has 0 radical (unpaired) electrons. The van der Waals surface area contributed by atoms with E-state index in [-0.39, 0.29) is 30.4 Å². The number of sulfonamides is 1. The molecule has 2 rings (SSSR count). The average molecular weight is 273 g/mol. The first-order valence-corrected chi connectivity index (χ1v) is 6.79. The first kappa shape index (κ1) is 13.0. The van der Waals surface area contributed by atoms with Gasteiger partial charge in [0.25, 0.3) is 0 Å². The maximum Gasteiger partial charge on any atom is 0.246 e. The second kappa shape index (κ2) is 4.67. The molecule has 1 unspecified atom stereocenters. The maximum atomic E-state index is 12.3. The van der Waals surface area contributed by atoms with E-state index in [0.717, 1.165) is 0 Å². The van der Waals surface area contributed by atoms with Gasteiger partial charge in [-0.1, -0.05) is 0 Å². The Hall–Kier alpha value is -1.45. The van der Waals surface area contributed by atoms with Crippen LogP contribution in [0.3, 0.4) is 0 Å². The zero-order chi connectivity index (χ0) is 13.3. The minimum Gasteiger partial charge on any atom is -0.385 e. The third-order valence-electron chi connectivity index (χ3n) is 2.70. The summed E-state index contributed by atoms with van der Waals surface area (Å²) < 4.78 is 32.5. The molecule has 18 heavy (non-hydrogen) atoms. The molecule has 1 fully saturated rings. The number of hydrogen-bond acceptors (Lipinski definition) is 5. The lowest BCUT2D eigenvalue weighted by molar-refractivity contribution is 0.0368. The minimum atomic E-state index is -3.59. The molecule has 1 aliphatic heterocycles. The van der Waals surface area contributed by atoms with Crippen LogP contribution in [0.25, 0.3) is 0 Å². The van der Waals surface area contributed by atoms with Crippen LogP contribution in [0.2, 0.25) is 0 Å². The number of nitrogens with one attached hydrogen (secondary N) is 1. The number of ether oxygens (including phenoxy) is 1. The molecule has 3 N–H and O–H groups in total. The zero-order valence-electron chi connectivity index (χ0n) is 9.91. The number of amidine groups is 1. The predicted molar refractivity (Wildman–Crippen MR) is 63.6 cm³/mol. The summed E-state index contributed by atoms with van der Waals surface area (Å²) >= 11 is 0. The van der Waals surface area contributed by atoms with Crippen LogP contribution in [0, 0.1) is 5.41 Å². The summed E-state index contributed by atoms with van der Waals surface area (Å²) in [6.45, 7) is 0.539. The van der Waals surface area contributed by atoms with E-state index in [2.05, 4.69) is 5.10 Å². The molecule has 0 amide bonds. The Labute approximate surface area is 105 Å². The molecule has 1 aromatic heterocycles. The van der Waals surface area contributed by atoms with Gasteiger partial charge < -0.3 is 10.5 Å². The molecule has 0 spiro atoms. The van der Waals surface area contributed by atoms with Gasteiger partial charge in [0.1, 0.15) is 16.8 Å². The molecule has 1 atom stereocenters. The van der Waals surface area contributed by atoms with Crippen LogP contribution in [0.1, 0.15) is 0 Å². The van der Waals surface area contributed by atoms with E-state index in [1.165, 1.54) is 21.4 Å². The van der Waals surface area contributed by atoms with Crippen LogP contribution >= 0.6 is 0 Å². The van der Waals surface area contributed by atoms with Crippen LogP contribution < -0.4 is 5.73 Å². The largest absolute Gasteiger partial charge is 0.385 e. The summed E-state index contributed by atoms with van der Waals surface area (Å²) in [5.41, 5.74) is 5.34. The van der Waals surface area contributed by atoms with Crippen LogP contribution in [0.15, 0.2) is 17.3 Å². The fourth-order valence-corrected chi connectivity index (χ4v) is 3.12. The molecule has 8 nitrogen and oxygen atoms in total. The Morgan fingerprint density at radius 1 is 1.67 bits per heavy atom. The van der Waals surface area contributed by atoms with Gasteiger partial charge in [0, 0.05) is 26.3 Å². The van der Waals surface area contributed by atoms with Crippen molar-refractivity contribution in [3.63, 3.8) is 0 Å². The van der Waals surface area contributed by atoms with E-state index in [0.29, 0.717) is 0 Å². The standard InChI is InChI=1S/C9H15N5O3S/c1-13-5-7(4-12-13)18(15,16)14-2-3-17-8(6-14)9(10)11/h4-5,8H,2-3,6H2,1H3,(H3,10,11). The number of hydrogen-bond donors (Lipinski definition) is 2. The Balaban J connectivity index is 2.22. The molecule has 1 aliphatic rings. The van der Waals surface area contributed by atoms with Crippen LogP contribution in [-0.2, 0) is 21.8 Å². The number of rotatable bonds is 3. The molecule has 0 aromatic carbocycles.